The normalized spacial score (nSPS) is 17.6. The van der Waals surface area contributed by atoms with E-state index in [1.54, 1.807) is 42.5 Å². The van der Waals surface area contributed by atoms with Gasteiger partial charge in [-0.15, -0.1) is 0 Å². The van der Waals surface area contributed by atoms with Gasteiger partial charge in [-0.2, -0.15) is 0 Å². The molecule has 0 radical (unpaired) electrons. The number of ether oxygens (including phenoxy) is 1. The monoisotopic (exact) mass is 504 g/mol. The molecular formula is C26H30Cl2N2O4. The topological polar surface area (TPSA) is 70.1 Å². The van der Waals surface area contributed by atoms with Crippen LogP contribution >= 0.6 is 23.2 Å². The number of benzene rings is 2. The number of nitrogens with zero attached hydrogens (tertiary/aromatic N) is 2. The van der Waals surface area contributed by atoms with Gasteiger partial charge in [0.25, 0.3) is 11.7 Å². The number of hydrogen-bond donors (Lipinski definition) is 1. The maximum Gasteiger partial charge on any atom is 0.295 e. The second-order valence-corrected chi connectivity index (χ2v) is 8.90. The van der Waals surface area contributed by atoms with Crippen LogP contribution in [0.3, 0.4) is 0 Å². The van der Waals surface area contributed by atoms with Crippen molar-refractivity contribution >= 4 is 40.7 Å². The summed E-state index contributed by atoms with van der Waals surface area (Å²) in [6.45, 7) is 9.22. The maximum absolute atomic E-state index is 13.2. The van der Waals surface area contributed by atoms with Crippen molar-refractivity contribution in [3.05, 3.63) is 69.2 Å². The average molecular weight is 505 g/mol. The molecule has 0 spiro atoms. The van der Waals surface area contributed by atoms with Crippen molar-refractivity contribution in [1.82, 2.24) is 9.80 Å². The third-order valence-electron chi connectivity index (χ3n) is 5.95. The first-order valence-corrected chi connectivity index (χ1v) is 12.3. The summed E-state index contributed by atoms with van der Waals surface area (Å²) in [7, 11) is 0. The first kappa shape index (κ1) is 26.1. The van der Waals surface area contributed by atoms with Gasteiger partial charge in [-0.05, 0) is 61.5 Å². The molecule has 1 N–H and O–H groups in total. The highest BCUT2D eigenvalue weighted by molar-refractivity contribution is 6.47. The Balaban J connectivity index is 2.07. The van der Waals surface area contributed by atoms with Gasteiger partial charge in [0.1, 0.15) is 11.5 Å². The van der Waals surface area contributed by atoms with Crippen molar-refractivity contribution in [2.45, 2.75) is 33.2 Å². The third kappa shape index (κ3) is 5.57. The molecule has 3 rings (SSSR count). The summed E-state index contributed by atoms with van der Waals surface area (Å²) in [5.74, 6) is -0.982. The van der Waals surface area contributed by atoms with Crippen LogP contribution in [0.25, 0.3) is 5.76 Å². The molecular weight excluding hydrogens is 475 g/mol. The molecule has 1 aliphatic rings. The number of likely N-dealkylation sites (N-methyl/N-ethyl adjacent to an activating group) is 1. The van der Waals surface area contributed by atoms with Gasteiger partial charge in [0.2, 0.25) is 0 Å². The predicted molar refractivity (Wildman–Crippen MR) is 135 cm³/mol. The SMILES string of the molecule is CCCOc1ccc(/C(O)=C2\C(=O)C(=O)N(CCN(CC)CC)C2c2ccc(Cl)cc2Cl)cc1. The van der Waals surface area contributed by atoms with Crippen LogP contribution in [0.2, 0.25) is 10.0 Å². The largest absolute Gasteiger partial charge is 0.507 e. The van der Waals surface area contributed by atoms with Crippen LogP contribution in [0.5, 0.6) is 5.75 Å². The second kappa shape index (κ2) is 11.7. The van der Waals surface area contributed by atoms with Gasteiger partial charge < -0.3 is 19.6 Å². The summed E-state index contributed by atoms with van der Waals surface area (Å²) in [6, 6.07) is 10.9. The first-order valence-electron chi connectivity index (χ1n) is 11.5. The minimum absolute atomic E-state index is 0.0102. The van der Waals surface area contributed by atoms with Gasteiger partial charge in [-0.3, -0.25) is 9.59 Å². The zero-order chi connectivity index (χ0) is 24.8. The van der Waals surface area contributed by atoms with Crippen LogP contribution in [0.1, 0.15) is 44.4 Å². The Morgan fingerprint density at radius 1 is 1.06 bits per heavy atom. The zero-order valence-corrected chi connectivity index (χ0v) is 21.2. The number of aliphatic hydroxyl groups is 1. The number of carbonyl (C=O) groups excluding carboxylic acids is 2. The molecule has 1 amide bonds. The molecule has 0 aromatic heterocycles. The number of halogens is 2. The smallest absolute Gasteiger partial charge is 0.295 e. The minimum Gasteiger partial charge on any atom is -0.507 e. The van der Waals surface area contributed by atoms with Crippen molar-refractivity contribution in [1.29, 1.82) is 0 Å². The van der Waals surface area contributed by atoms with E-state index >= 15 is 0 Å². The van der Waals surface area contributed by atoms with Gasteiger partial charge in [0, 0.05) is 28.7 Å². The Labute approximate surface area is 210 Å². The fraction of sp³-hybridized carbons (Fsp3) is 0.385. The van der Waals surface area contributed by atoms with E-state index < -0.39 is 17.7 Å². The van der Waals surface area contributed by atoms with E-state index in [9.17, 15) is 14.7 Å². The highest BCUT2D eigenvalue weighted by Crippen LogP contribution is 2.42. The van der Waals surface area contributed by atoms with Gasteiger partial charge in [-0.1, -0.05) is 50.0 Å². The Morgan fingerprint density at radius 2 is 1.74 bits per heavy atom. The Kier molecular flexibility index (Phi) is 9.00. The molecule has 1 saturated heterocycles. The molecule has 6 nitrogen and oxygen atoms in total. The van der Waals surface area contributed by atoms with Crippen molar-refractivity contribution in [3.8, 4) is 5.75 Å². The second-order valence-electron chi connectivity index (χ2n) is 8.06. The maximum atomic E-state index is 13.2. The lowest BCUT2D eigenvalue weighted by molar-refractivity contribution is -0.140. The number of likely N-dealkylation sites (tertiary alicyclic amines) is 1. The lowest BCUT2D eigenvalue weighted by Gasteiger charge is -2.28. The van der Waals surface area contributed by atoms with E-state index in [1.165, 1.54) is 4.90 Å². The third-order valence-corrected chi connectivity index (χ3v) is 6.51. The summed E-state index contributed by atoms with van der Waals surface area (Å²) in [6.07, 6.45) is 0.876. The molecule has 2 aromatic carbocycles. The Morgan fingerprint density at radius 3 is 2.32 bits per heavy atom. The lowest BCUT2D eigenvalue weighted by atomic mass is 9.95. The van der Waals surface area contributed by atoms with Crippen LogP contribution in [-0.4, -0.2) is 59.4 Å². The van der Waals surface area contributed by atoms with Crippen molar-refractivity contribution in [2.75, 3.05) is 32.8 Å². The molecule has 1 unspecified atom stereocenters. The summed E-state index contributed by atoms with van der Waals surface area (Å²) >= 11 is 12.6. The average Bonchev–Trinajstić information content (AvgIpc) is 3.08. The molecule has 1 atom stereocenters. The van der Waals surface area contributed by atoms with E-state index in [-0.39, 0.29) is 11.3 Å². The van der Waals surface area contributed by atoms with E-state index in [0.29, 0.717) is 46.6 Å². The van der Waals surface area contributed by atoms with Crippen molar-refractivity contribution < 1.29 is 19.4 Å². The molecule has 0 aliphatic carbocycles. The molecule has 2 aromatic rings. The molecule has 182 valence electrons. The van der Waals surface area contributed by atoms with Crippen LogP contribution in [0.15, 0.2) is 48.0 Å². The summed E-state index contributed by atoms with van der Waals surface area (Å²) in [5, 5.41) is 12.0. The quantitative estimate of drug-likeness (QED) is 0.261. The number of ketones is 1. The lowest BCUT2D eigenvalue weighted by Crippen LogP contribution is -2.38. The van der Waals surface area contributed by atoms with E-state index in [2.05, 4.69) is 4.90 Å². The summed E-state index contributed by atoms with van der Waals surface area (Å²) in [4.78, 5) is 29.9. The first-order chi connectivity index (χ1) is 16.3. The number of aliphatic hydroxyl groups excluding tert-OH is 1. The molecule has 1 heterocycles. The zero-order valence-electron chi connectivity index (χ0n) is 19.7. The van der Waals surface area contributed by atoms with Crippen molar-refractivity contribution in [3.63, 3.8) is 0 Å². The van der Waals surface area contributed by atoms with Gasteiger partial charge >= 0.3 is 0 Å². The number of rotatable bonds is 10. The highest BCUT2D eigenvalue weighted by Gasteiger charge is 2.46. The number of hydrogen-bond acceptors (Lipinski definition) is 5. The van der Waals surface area contributed by atoms with Gasteiger partial charge in [-0.25, -0.2) is 0 Å². The van der Waals surface area contributed by atoms with Crippen LogP contribution in [0, 0.1) is 0 Å². The molecule has 8 heteroatoms. The predicted octanol–water partition coefficient (Wildman–Crippen LogP) is 5.55. The molecule has 34 heavy (non-hydrogen) atoms. The fourth-order valence-corrected chi connectivity index (χ4v) is 4.54. The van der Waals surface area contributed by atoms with E-state index in [4.69, 9.17) is 27.9 Å². The Hall–Kier alpha value is -2.54. The van der Waals surface area contributed by atoms with E-state index in [1.807, 2.05) is 20.8 Å². The minimum atomic E-state index is -0.823. The fourth-order valence-electron chi connectivity index (χ4n) is 4.03. The molecule has 1 fully saturated rings. The summed E-state index contributed by atoms with van der Waals surface area (Å²) < 4.78 is 5.60. The molecule has 1 aliphatic heterocycles. The van der Waals surface area contributed by atoms with Crippen molar-refractivity contribution in [2.24, 2.45) is 0 Å². The van der Waals surface area contributed by atoms with Gasteiger partial charge in [0.05, 0.1) is 18.2 Å². The van der Waals surface area contributed by atoms with Crippen LogP contribution in [-0.2, 0) is 9.59 Å². The summed E-state index contributed by atoms with van der Waals surface area (Å²) in [5.41, 5.74) is 0.964. The molecule has 0 bridgehead atoms. The molecule has 0 saturated carbocycles. The van der Waals surface area contributed by atoms with Gasteiger partial charge in [0.15, 0.2) is 0 Å². The number of amides is 1. The number of carbonyl (C=O) groups is 2. The van der Waals surface area contributed by atoms with Crippen LogP contribution < -0.4 is 4.74 Å². The standard InChI is InChI=1S/C26H30Cl2N2O4/c1-4-15-34-19-10-7-17(8-11-19)24(31)22-23(20-12-9-18(27)16-21(20)28)30(26(33)25(22)32)14-13-29(5-2)6-3/h7-12,16,23,31H,4-6,13-15H2,1-3H3/b24-22+. The van der Waals surface area contributed by atoms with E-state index in [0.717, 1.165) is 19.5 Å². The highest BCUT2D eigenvalue weighted by atomic mass is 35.5. The number of Topliss-reactive ketones (excluding diaryl/α,β-unsaturated/α-hetero) is 1. The van der Waals surface area contributed by atoms with Crippen LogP contribution in [0.4, 0.5) is 0 Å². The Bertz CT molecular complexity index is 1060.